The third-order valence-electron chi connectivity index (χ3n) is 4.05. The summed E-state index contributed by atoms with van der Waals surface area (Å²) in [6, 6.07) is 7.96. The number of rotatable bonds is 5. The van der Waals surface area contributed by atoms with Crippen molar-refractivity contribution in [1.82, 2.24) is 9.80 Å². The molecule has 7 nitrogen and oxygen atoms in total. The van der Waals surface area contributed by atoms with E-state index in [4.69, 9.17) is 4.74 Å². The van der Waals surface area contributed by atoms with Crippen LogP contribution in [0, 0.1) is 0 Å². The lowest BCUT2D eigenvalue weighted by Crippen LogP contribution is -2.30. The maximum Gasteiger partial charge on any atom is 0.338 e. The first kappa shape index (κ1) is 17.8. The Hall–Kier alpha value is -3.00. The molecule has 0 radical (unpaired) electrons. The minimum absolute atomic E-state index is 0.119. The summed E-state index contributed by atoms with van der Waals surface area (Å²) < 4.78 is 5.04. The number of amides is 3. The first-order chi connectivity index (χ1) is 12.4. The van der Waals surface area contributed by atoms with Crippen molar-refractivity contribution >= 4 is 35.0 Å². The van der Waals surface area contributed by atoms with Crippen LogP contribution in [-0.4, -0.2) is 54.2 Å². The number of esters is 1. The molecule has 2 heterocycles. The summed E-state index contributed by atoms with van der Waals surface area (Å²) in [5.41, 5.74) is 0.530. The molecule has 3 rings (SSSR count). The Morgan fingerprint density at radius 1 is 1.15 bits per heavy atom. The van der Waals surface area contributed by atoms with Crippen LogP contribution >= 0.6 is 11.3 Å². The quantitative estimate of drug-likeness (QED) is 0.590. The van der Waals surface area contributed by atoms with Gasteiger partial charge in [-0.2, -0.15) is 0 Å². The van der Waals surface area contributed by atoms with E-state index in [1.165, 1.54) is 41.5 Å². The lowest BCUT2D eigenvalue weighted by molar-refractivity contribution is -0.133. The molecule has 0 aliphatic carbocycles. The summed E-state index contributed by atoms with van der Waals surface area (Å²) in [7, 11) is 3.01. The Bertz CT molecular complexity index is 891. The number of hydrogen-bond acceptors (Lipinski definition) is 6. The van der Waals surface area contributed by atoms with Crippen LogP contribution in [0.4, 0.5) is 0 Å². The van der Waals surface area contributed by atoms with Gasteiger partial charge in [0.1, 0.15) is 0 Å². The summed E-state index contributed by atoms with van der Waals surface area (Å²) >= 11 is 1.54. The summed E-state index contributed by atoms with van der Waals surface area (Å²) in [5.74, 6) is -1.93. The van der Waals surface area contributed by atoms with Crippen molar-refractivity contribution in [2.45, 2.75) is 6.54 Å². The molecule has 0 saturated heterocycles. The van der Waals surface area contributed by atoms with Crippen LogP contribution in [0.5, 0.6) is 0 Å². The number of nitrogens with zero attached hydrogens (tertiary/aromatic N) is 2. The number of imide groups is 1. The molecule has 0 atom stereocenters. The highest BCUT2D eigenvalue weighted by atomic mass is 32.1. The van der Waals surface area contributed by atoms with E-state index in [-0.39, 0.29) is 22.6 Å². The highest BCUT2D eigenvalue weighted by Gasteiger charge is 2.33. The van der Waals surface area contributed by atoms with Gasteiger partial charge in [-0.3, -0.25) is 19.3 Å². The summed E-state index contributed by atoms with van der Waals surface area (Å²) in [4.78, 5) is 51.6. The molecule has 0 N–H and O–H groups in total. The molecule has 26 heavy (non-hydrogen) atoms. The smallest absolute Gasteiger partial charge is 0.338 e. The molecule has 0 saturated carbocycles. The van der Waals surface area contributed by atoms with Gasteiger partial charge >= 0.3 is 5.97 Å². The zero-order chi connectivity index (χ0) is 18.8. The Morgan fingerprint density at radius 3 is 2.58 bits per heavy atom. The zero-order valence-electron chi connectivity index (χ0n) is 14.2. The van der Waals surface area contributed by atoms with Crippen molar-refractivity contribution in [3.63, 3.8) is 0 Å². The topological polar surface area (TPSA) is 84.0 Å². The fourth-order valence-electron chi connectivity index (χ4n) is 2.53. The van der Waals surface area contributed by atoms with Crippen LogP contribution in [0.15, 0.2) is 35.7 Å². The van der Waals surface area contributed by atoms with E-state index >= 15 is 0 Å². The van der Waals surface area contributed by atoms with Gasteiger partial charge < -0.3 is 9.64 Å². The van der Waals surface area contributed by atoms with E-state index in [0.717, 1.165) is 9.78 Å². The Balaban J connectivity index is 1.61. The average molecular weight is 372 g/mol. The second-order valence-corrected chi connectivity index (χ2v) is 6.87. The van der Waals surface area contributed by atoms with E-state index in [1.807, 2.05) is 17.5 Å². The first-order valence-electron chi connectivity index (χ1n) is 7.78. The SMILES string of the molecule is CN(Cc1cccs1)C(=O)COC(=O)c1ccc2c(c1)C(=O)N(C)C2=O. The first-order valence-corrected chi connectivity index (χ1v) is 8.66. The number of carbonyl (C=O) groups excluding carboxylic acids is 4. The molecule has 0 bridgehead atoms. The highest BCUT2D eigenvalue weighted by molar-refractivity contribution is 7.09. The van der Waals surface area contributed by atoms with Crippen LogP contribution in [0.3, 0.4) is 0 Å². The van der Waals surface area contributed by atoms with Crippen molar-refractivity contribution in [3.05, 3.63) is 57.3 Å². The van der Waals surface area contributed by atoms with Crippen LogP contribution in [-0.2, 0) is 16.1 Å². The van der Waals surface area contributed by atoms with Gasteiger partial charge in [0.2, 0.25) is 0 Å². The third-order valence-corrected chi connectivity index (χ3v) is 4.91. The monoisotopic (exact) mass is 372 g/mol. The van der Waals surface area contributed by atoms with Crippen molar-refractivity contribution in [3.8, 4) is 0 Å². The molecule has 8 heteroatoms. The zero-order valence-corrected chi connectivity index (χ0v) is 15.0. The van der Waals surface area contributed by atoms with Gasteiger partial charge in [0.05, 0.1) is 23.2 Å². The molecule has 1 aromatic carbocycles. The molecule has 0 fully saturated rings. The van der Waals surface area contributed by atoms with Gasteiger partial charge in [0.15, 0.2) is 6.61 Å². The number of carbonyl (C=O) groups is 4. The van der Waals surface area contributed by atoms with Crippen LogP contribution in [0.25, 0.3) is 0 Å². The summed E-state index contributed by atoms with van der Waals surface area (Å²) in [6.07, 6.45) is 0. The minimum atomic E-state index is -0.722. The normalized spacial score (nSPS) is 12.9. The van der Waals surface area contributed by atoms with Crippen LogP contribution in [0.1, 0.15) is 36.0 Å². The molecule has 2 aromatic rings. The molecular weight excluding hydrogens is 356 g/mol. The minimum Gasteiger partial charge on any atom is -0.452 e. The van der Waals surface area contributed by atoms with Gasteiger partial charge in [-0.25, -0.2) is 4.79 Å². The van der Waals surface area contributed by atoms with E-state index in [9.17, 15) is 19.2 Å². The van der Waals surface area contributed by atoms with Gasteiger partial charge in [-0.1, -0.05) is 6.07 Å². The van der Waals surface area contributed by atoms with Crippen LogP contribution in [0.2, 0.25) is 0 Å². The Labute approximate surface area is 153 Å². The van der Waals surface area contributed by atoms with E-state index in [1.54, 1.807) is 7.05 Å². The third kappa shape index (κ3) is 3.36. The fraction of sp³-hybridized carbons (Fsp3) is 0.222. The van der Waals surface area contributed by atoms with Gasteiger partial charge in [-0.15, -0.1) is 11.3 Å². The lowest BCUT2D eigenvalue weighted by atomic mass is 10.1. The molecule has 1 aromatic heterocycles. The number of fused-ring (bicyclic) bond motifs is 1. The lowest BCUT2D eigenvalue weighted by Gasteiger charge is -2.16. The van der Waals surface area contributed by atoms with Crippen molar-refractivity contribution in [2.24, 2.45) is 0 Å². The van der Waals surface area contributed by atoms with Gasteiger partial charge in [-0.05, 0) is 29.6 Å². The molecule has 1 aliphatic rings. The van der Waals surface area contributed by atoms with E-state index in [2.05, 4.69) is 0 Å². The fourth-order valence-corrected chi connectivity index (χ4v) is 3.29. The summed E-state index contributed by atoms with van der Waals surface area (Å²) in [6.45, 7) is 0.0421. The second kappa shape index (κ2) is 7.09. The second-order valence-electron chi connectivity index (χ2n) is 5.83. The number of ether oxygens (including phenoxy) is 1. The molecule has 0 spiro atoms. The summed E-state index contributed by atoms with van der Waals surface area (Å²) in [5, 5.41) is 1.92. The van der Waals surface area contributed by atoms with Gasteiger partial charge in [0, 0.05) is 19.0 Å². The number of benzene rings is 1. The maximum atomic E-state index is 12.2. The van der Waals surface area contributed by atoms with E-state index < -0.39 is 24.4 Å². The number of thiophene rings is 1. The standard InChI is InChI=1S/C18H16N2O5S/c1-19(9-12-4-3-7-26-12)15(21)10-25-18(24)11-5-6-13-14(8-11)17(23)20(2)16(13)22/h3-8H,9-10H2,1-2H3. The molecule has 3 amide bonds. The van der Waals surface area contributed by atoms with Crippen molar-refractivity contribution in [2.75, 3.05) is 20.7 Å². The number of likely N-dealkylation sites (N-methyl/N-ethyl adjacent to an activating group) is 1. The molecule has 134 valence electrons. The predicted molar refractivity (Wildman–Crippen MR) is 93.9 cm³/mol. The van der Waals surface area contributed by atoms with Gasteiger partial charge in [0.25, 0.3) is 17.7 Å². The largest absolute Gasteiger partial charge is 0.452 e. The van der Waals surface area contributed by atoms with Crippen molar-refractivity contribution < 1.29 is 23.9 Å². The molecule has 1 aliphatic heterocycles. The number of hydrogen-bond donors (Lipinski definition) is 0. The molecular formula is C18H16N2O5S. The average Bonchev–Trinajstić information content (AvgIpc) is 3.22. The predicted octanol–water partition coefficient (Wildman–Crippen LogP) is 1.79. The maximum absolute atomic E-state index is 12.2. The highest BCUT2D eigenvalue weighted by Crippen LogP contribution is 2.23. The Morgan fingerprint density at radius 2 is 1.88 bits per heavy atom. The Kier molecular flexibility index (Phi) is 4.85. The van der Waals surface area contributed by atoms with Crippen LogP contribution < -0.4 is 0 Å². The van der Waals surface area contributed by atoms with E-state index in [0.29, 0.717) is 6.54 Å². The molecule has 0 unspecified atom stereocenters. The van der Waals surface area contributed by atoms with Crippen molar-refractivity contribution in [1.29, 1.82) is 0 Å².